The van der Waals surface area contributed by atoms with E-state index in [1.807, 2.05) is 77.5 Å². The summed E-state index contributed by atoms with van der Waals surface area (Å²) in [5.74, 6) is 1.07. The zero-order valence-electron chi connectivity index (χ0n) is 30.2. The van der Waals surface area contributed by atoms with Crippen LogP contribution in [0, 0.1) is 0 Å². The number of tetrazole rings is 2. The van der Waals surface area contributed by atoms with Crippen molar-refractivity contribution in [2.75, 3.05) is 17.2 Å². The first kappa shape index (κ1) is 36.0. The quantitative estimate of drug-likeness (QED) is 0.0862. The van der Waals surface area contributed by atoms with Crippen molar-refractivity contribution in [2.24, 2.45) is 0 Å². The molecular weight excluding hydrogens is 777 g/mol. The maximum atomic E-state index is 12.1. The third-order valence-corrected chi connectivity index (χ3v) is 10.9. The van der Waals surface area contributed by atoms with E-state index in [0.29, 0.717) is 41.1 Å². The number of benzene rings is 4. The number of hydrogen-bond donors (Lipinski definition) is 5. The lowest BCUT2D eigenvalue weighted by atomic mass is 10.1. The third kappa shape index (κ3) is 7.11. The Labute approximate surface area is 335 Å². The van der Waals surface area contributed by atoms with E-state index in [4.69, 9.17) is 14.7 Å². The van der Waals surface area contributed by atoms with Gasteiger partial charge in [-0.2, -0.15) is 10.4 Å². The SMILES string of the molecule is CCOC(=O)c1cccc(Nc2nc3cc(-c4nn[nH]n4)ccc3c3sccc23)c1.O=C(O)c1cccc(Nc2nc3cc(-c4nn[nH]n4)ccc3c3sccc23)c1. The van der Waals surface area contributed by atoms with Crippen molar-refractivity contribution in [3.05, 3.63) is 119 Å². The predicted octanol–water partition coefficient (Wildman–Crippen LogP) is 8.62. The van der Waals surface area contributed by atoms with Gasteiger partial charge in [0.25, 0.3) is 0 Å². The maximum absolute atomic E-state index is 12.1. The van der Waals surface area contributed by atoms with Crippen LogP contribution in [0.15, 0.2) is 108 Å². The van der Waals surface area contributed by atoms with Crippen molar-refractivity contribution in [1.82, 2.24) is 51.2 Å². The Morgan fingerprint density at radius 3 is 1.66 bits per heavy atom. The van der Waals surface area contributed by atoms with Crippen molar-refractivity contribution >= 4 is 99.6 Å². The van der Waals surface area contributed by atoms with Crippen LogP contribution in [0.5, 0.6) is 0 Å². The number of carbonyl (C=O) groups excluding carboxylic acids is 1. The summed E-state index contributed by atoms with van der Waals surface area (Å²) in [5, 5.41) is 52.2. The highest BCUT2D eigenvalue weighted by Gasteiger charge is 2.15. The summed E-state index contributed by atoms with van der Waals surface area (Å²) in [5.41, 5.74) is 5.36. The summed E-state index contributed by atoms with van der Waals surface area (Å²) < 4.78 is 7.32. The molecule has 58 heavy (non-hydrogen) atoms. The Balaban J connectivity index is 0.000000151. The van der Waals surface area contributed by atoms with E-state index >= 15 is 0 Å². The Bertz CT molecular complexity index is 3110. The van der Waals surface area contributed by atoms with Gasteiger partial charge in [0, 0.05) is 53.4 Å². The van der Waals surface area contributed by atoms with Crippen LogP contribution in [-0.2, 0) is 4.74 Å². The number of fused-ring (bicyclic) bond motifs is 6. The van der Waals surface area contributed by atoms with Crippen LogP contribution in [0.1, 0.15) is 27.6 Å². The lowest BCUT2D eigenvalue weighted by Crippen LogP contribution is -2.05. The molecule has 18 heteroatoms. The molecular formula is C40H28N12O4S2. The average molecular weight is 805 g/mol. The number of rotatable bonds is 9. The Morgan fingerprint density at radius 2 is 1.17 bits per heavy atom. The number of ether oxygens (including phenoxy) is 1. The van der Waals surface area contributed by atoms with E-state index in [1.165, 1.54) is 0 Å². The second kappa shape index (κ2) is 15.4. The lowest BCUT2D eigenvalue weighted by Gasteiger charge is -2.11. The van der Waals surface area contributed by atoms with Crippen LogP contribution < -0.4 is 10.6 Å². The van der Waals surface area contributed by atoms with Gasteiger partial charge in [0.05, 0.1) is 28.8 Å². The first-order chi connectivity index (χ1) is 28.4. The average Bonchev–Trinajstić information content (AvgIpc) is 4.09. The minimum absolute atomic E-state index is 0.215. The van der Waals surface area contributed by atoms with Crippen LogP contribution in [0.25, 0.3) is 64.8 Å². The number of thiophene rings is 2. The molecule has 16 nitrogen and oxygen atoms in total. The molecule has 0 aliphatic carbocycles. The second-order valence-electron chi connectivity index (χ2n) is 12.6. The van der Waals surface area contributed by atoms with Gasteiger partial charge in [-0.1, -0.05) is 36.4 Å². The molecule has 0 spiro atoms. The fourth-order valence-corrected chi connectivity index (χ4v) is 8.24. The minimum Gasteiger partial charge on any atom is -0.478 e. The highest BCUT2D eigenvalue weighted by molar-refractivity contribution is 7.18. The van der Waals surface area contributed by atoms with E-state index in [-0.39, 0.29) is 11.5 Å². The smallest absolute Gasteiger partial charge is 0.338 e. The molecule has 284 valence electrons. The summed E-state index contributed by atoms with van der Waals surface area (Å²) in [6, 6.07) is 29.7. The number of nitrogens with one attached hydrogen (secondary N) is 4. The number of anilines is 4. The molecule has 0 saturated heterocycles. The van der Waals surface area contributed by atoms with Crippen molar-refractivity contribution < 1.29 is 19.4 Å². The number of esters is 1. The molecule has 0 radical (unpaired) electrons. The van der Waals surface area contributed by atoms with E-state index in [0.717, 1.165) is 58.8 Å². The Hall–Kier alpha value is -7.70. The van der Waals surface area contributed by atoms with Gasteiger partial charge in [-0.15, -0.1) is 43.1 Å². The lowest BCUT2D eigenvalue weighted by molar-refractivity contribution is 0.0526. The fraction of sp³-hybridized carbons (Fsp3) is 0.0500. The maximum Gasteiger partial charge on any atom is 0.338 e. The first-order valence-electron chi connectivity index (χ1n) is 17.7. The summed E-state index contributed by atoms with van der Waals surface area (Å²) in [6.45, 7) is 2.12. The van der Waals surface area contributed by atoms with Crippen molar-refractivity contribution in [1.29, 1.82) is 0 Å². The van der Waals surface area contributed by atoms with Crippen molar-refractivity contribution in [3.63, 3.8) is 0 Å². The summed E-state index contributed by atoms with van der Waals surface area (Å²) >= 11 is 3.28. The number of pyridine rings is 2. The van der Waals surface area contributed by atoms with Crippen molar-refractivity contribution in [2.45, 2.75) is 6.92 Å². The van der Waals surface area contributed by atoms with Gasteiger partial charge in [0.15, 0.2) is 0 Å². The number of aromatic carboxylic acids is 1. The monoisotopic (exact) mass is 804 g/mol. The normalized spacial score (nSPS) is 11.1. The number of aromatic amines is 2. The Kier molecular flexibility index (Phi) is 9.58. The highest BCUT2D eigenvalue weighted by atomic mass is 32.1. The van der Waals surface area contributed by atoms with Crippen LogP contribution >= 0.6 is 22.7 Å². The molecule has 0 aliphatic rings. The molecule has 10 aromatic rings. The second-order valence-corrected chi connectivity index (χ2v) is 14.5. The van der Waals surface area contributed by atoms with Gasteiger partial charge >= 0.3 is 11.9 Å². The molecule has 0 bridgehead atoms. The van der Waals surface area contributed by atoms with Gasteiger partial charge in [-0.05, 0) is 88.8 Å². The predicted molar refractivity (Wildman–Crippen MR) is 223 cm³/mol. The highest BCUT2D eigenvalue weighted by Crippen LogP contribution is 2.37. The molecule has 6 heterocycles. The summed E-state index contributed by atoms with van der Waals surface area (Å²) in [7, 11) is 0. The van der Waals surface area contributed by atoms with E-state index in [9.17, 15) is 14.7 Å². The molecule has 4 aromatic carbocycles. The minimum atomic E-state index is -0.972. The van der Waals surface area contributed by atoms with Crippen LogP contribution in [-0.4, -0.2) is 74.9 Å². The number of aromatic nitrogens is 10. The number of nitrogens with zero attached hydrogens (tertiary/aromatic N) is 8. The van der Waals surface area contributed by atoms with E-state index in [1.54, 1.807) is 59.9 Å². The van der Waals surface area contributed by atoms with Crippen molar-refractivity contribution in [3.8, 4) is 22.8 Å². The van der Waals surface area contributed by atoms with Gasteiger partial charge < -0.3 is 20.5 Å². The number of hydrogen-bond acceptors (Lipinski definition) is 15. The Morgan fingerprint density at radius 1 is 0.655 bits per heavy atom. The molecule has 0 saturated carbocycles. The summed E-state index contributed by atoms with van der Waals surface area (Å²) in [6.07, 6.45) is 0. The molecule has 6 aromatic heterocycles. The van der Waals surface area contributed by atoms with E-state index in [2.05, 4.69) is 51.9 Å². The van der Waals surface area contributed by atoms with Crippen LogP contribution in [0.2, 0.25) is 0 Å². The summed E-state index contributed by atoms with van der Waals surface area (Å²) in [4.78, 5) is 32.9. The zero-order chi connectivity index (χ0) is 39.6. The molecule has 0 atom stereocenters. The van der Waals surface area contributed by atoms with Gasteiger partial charge in [0.2, 0.25) is 11.6 Å². The largest absolute Gasteiger partial charge is 0.478 e. The van der Waals surface area contributed by atoms with E-state index < -0.39 is 5.97 Å². The number of carboxylic acids is 1. The number of H-pyrrole nitrogens is 2. The third-order valence-electron chi connectivity index (χ3n) is 9.01. The molecule has 0 aliphatic heterocycles. The topological polar surface area (TPSA) is 222 Å². The fourth-order valence-electron chi connectivity index (χ4n) is 6.38. The van der Waals surface area contributed by atoms with Gasteiger partial charge in [-0.3, -0.25) is 0 Å². The molecule has 0 unspecified atom stereocenters. The van der Waals surface area contributed by atoms with Crippen LogP contribution in [0.4, 0.5) is 23.0 Å². The van der Waals surface area contributed by atoms with Gasteiger partial charge in [-0.25, -0.2) is 19.6 Å². The standard InChI is InChI=1S/C21H16N6O2S.C19H12N6O2S/c1-2-29-21(28)13-4-3-5-14(10-13)22-20-16-8-9-30-18(16)15-7-6-12(11-17(15)23-20)19-24-26-27-25-19;26-19(27)11-2-1-3-12(8-11)20-18-14-6-7-28-16(14)13-5-4-10(9-15(13)21-18)17-22-24-25-23-17/h3-11H,2H2,1H3,(H,22,23)(H,24,25,26,27);1-9H,(H,20,21)(H,26,27)(H,22,23,24,25). The number of carboxylic acid groups (broad SMARTS) is 1. The zero-order valence-corrected chi connectivity index (χ0v) is 31.8. The van der Waals surface area contributed by atoms with Gasteiger partial charge in [0.1, 0.15) is 11.6 Å². The van der Waals surface area contributed by atoms with Crippen LogP contribution in [0.3, 0.4) is 0 Å². The molecule has 5 N–H and O–H groups in total. The molecule has 0 fully saturated rings. The molecule has 10 rings (SSSR count). The first-order valence-corrected chi connectivity index (χ1v) is 19.4. The molecule has 0 amide bonds. The number of carbonyl (C=O) groups is 2.